The summed E-state index contributed by atoms with van der Waals surface area (Å²) in [6.45, 7) is 0.769. The topological polar surface area (TPSA) is 29.1 Å². The second kappa shape index (κ2) is 5.41. The van der Waals surface area contributed by atoms with Crippen molar-refractivity contribution in [1.82, 2.24) is 5.32 Å². The average molecular weight is 350 g/mol. The van der Waals surface area contributed by atoms with Crippen molar-refractivity contribution in [3.8, 4) is 0 Å². The molecule has 3 rings (SSSR count). The molecule has 1 fully saturated rings. The number of carbonyl (C=O) groups is 1. The summed E-state index contributed by atoms with van der Waals surface area (Å²) in [5.41, 5.74) is 0.733. The second-order valence-corrected chi connectivity index (χ2v) is 7.47. The Hall–Kier alpha value is -1.00. The molecule has 1 amide bonds. The van der Waals surface area contributed by atoms with Gasteiger partial charge in [0.15, 0.2) is 0 Å². The fourth-order valence-electron chi connectivity index (χ4n) is 2.29. The van der Waals surface area contributed by atoms with E-state index in [9.17, 15) is 4.79 Å². The van der Waals surface area contributed by atoms with Gasteiger partial charge in [-0.15, -0.1) is 0 Å². The van der Waals surface area contributed by atoms with Crippen LogP contribution in [0, 0.1) is 0 Å². The Kier molecular flexibility index (Phi) is 3.78. The zero-order chi connectivity index (χ0) is 14.2. The Bertz CT molecular complexity index is 667. The van der Waals surface area contributed by atoms with Gasteiger partial charge in [-0.1, -0.05) is 28.1 Å². The van der Waals surface area contributed by atoms with Crippen molar-refractivity contribution in [2.75, 3.05) is 12.8 Å². The van der Waals surface area contributed by atoms with Gasteiger partial charge >= 0.3 is 0 Å². The van der Waals surface area contributed by atoms with E-state index in [1.165, 1.54) is 12.8 Å². The van der Waals surface area contributed by atoms with E-state index >= 15 is 0 Å². The molecule has 0 atom stereocenters. The lowest BCUT2D eigenvalue weighted by atomic mass is 10.1. The third-order valence-electron chi connectivity index (χ3n) is 3.88. The van der Waals surface area contributed by atoms with E-state index in [1.807, 2.05) is 42.1 Å². The molecule has 1 saturated carbocycles. The Morgan fingerprint density at radius 2 is 1.95 bits per heavy atom. The van der Waals surface area contributed by atoms with Crippen molar-refractivity contribution >= 4 is 44.4 Å². The number of thioether (sulfide) groups is 1. The summed E-state index contributed by atoms with van der Waals surface area (Å²) in [6, 6.07) is 11.9. The Morgan fingerprint density at radius 1 is 1.25 bits per heavy atom. The van der Waals surface area contributed by atoms with Crippen LogP contribution in [0.2, 0.25) is 0 Å². The zero-order valence-corrected chi connectivity index (χ0v) is 13.7. The molecule has 0 bridgehead atoms. The number of amides is 1. The average Bonchev–Trinajstić information content (AvgIpc) is 3.25. The number of carbonyl (C=O) groups excluding carboxylic acids is 1. The summed E-state index contributed by atoms with van der Waals surface area (Å²) in [6.07, 6.45) is 4.54. The fourth-order valence-corrected chi connectivity index (χ4v) is 3.40. The predicted octanol–water partition coefficient (Wildman–Crippen LogP) is 4.23. The molecule has 20 heavy (non-hydrogen) atoms. The number of benzene rings is 2. The van der Waals surface area contributed by atoms with Gasteiger partial charge in [-0.2, -0.15) is 11.8 Å². The highest BCUT2D eigenvalue weighted by Gasteiger charge is 2.41. The van der Waals surface area contributed by atoms with Gasteiger partial charge in [0.1, 0.15) is 0 Å². The van der Waals surface area contributed by atoms with E-state index in [-0.39, 0.29) is 5.91 Å². The van der Waals surface area contributed by atoms with Crippen LogP contribution in [0.4, 0.5) is 0 Å². The summed E-state index contributed by atoms with van der Waals surface area (Å²) in [5.74, 6) is 0.0233. The van der Waals surface area contributed by atoms with Gasteiger partial charge in [-0.25, -0.2) is 0 Å². The van der Waals surface area contributed by atoms with Crippen molar-refractivity contribution in [3.63, 3.8) is 0 Å². The van der Waals surface area contributed by atoms with Crippen molar-refractivity contribution < 1.29 is 4.79 Å². The van der Waals surface area contributed by atoms with Crippen LogP contribution in [0.25, 0.3) is 10.8 Å². The number of hydrogen-bond donors (Lipinski definition) is 1. The van der Waals surface area contributed by atoms with Gasteiger partial charge in [-0.3, -0.25) is 4.79 Å². The van der Waals surface area contributed by atoms with Crippen molar-refractivity contribution in [3.05, 3.63) is 46.4 Å². The summed E-state index contributed by atoms with van der Waals surface area (Å²) in [5, 5.41) is 5.29. The van der Waals surface area contributed by atoms with Crippen molar-refractivity contribution in [2.45, 2.75) is 17.6 Å². The molecule has 0 heterocycles. The minimum Gasteiger partial charge on any atom is -0.351 e. The van der Waals surface area contributed by atoms with E-state index in [0.29, 0.717) is 4.75 Å². The molecule has 0 spiro atoms. The number of rotatable bonds is 4. The van der Waals surface area contributed by atoms with E-state index in [4.69, 9.17) is 0 Å². The van der Waals surface area contributed by atoms with Crippen LogP contribution >= 0.6 is 27.7 Å². The Balaban J connectivity index is 1.76. The second-order valence-electron chi connectivity index (χ2n) is 5.28. The first kappa shape index (κ1) is 14.0. The van der Waals surface area contributed by atoms with Gasteiger partial charge in [0.2, 0.25) is 0 Å². The first-order chi connectivity index (χ1) is 9.62. The van der Waals surface area contributed by atoms with E-state index in [1.54, 1.807) is 0 Å². The smallest absolute Gasteiger partial charge is 0.251 e. The van der Waals surface area contributed by atoms with Crippen LogP contribution in [-0.2, 0) is 0 Å². The Labute approximate surface area is 131 Å². The highest BCUT2D eigenvalue weighted by Crippen LogP contribution is 2.46. The molecule has 2 aromatic rings. The minimum absolute atomic E-state index is 0.0233. The van der Waals surface area contributed by atoms with Crippen molar-refractivity contribution in [2.24, 2.45) is 0 Å². The fraction of sp³-hybridized carbons (Fsp3) is 0.312. The highest BCUT2D eigenvalue weighted by atomic mass is 79.9. The maximum absolute atomic E-state index is 12.2. The molecule has 2 aromatic carbocycles. The molecule has 1 aliphatic carbocycles. The zero-order valence-electron chi connectivity index (χ0n) is 11.3. The van der Waals surface area contributed by atoms with Crippen LogP contribution < -0.4 is 5.32 Å². The molecule has 1 aliphatic rings. The normalized spacial score (nSPS) is 16.1. The first-order valence-electron chi connectivity index (χ1n) is 6.65. The minimum atomic E-state index is 0.0233. The number of nitrogens with one attached hydrogen (secondary N) is 1. The molecular formula is C16H16BrNOS. The largest absolute Gasteiger partial charge is 0.351 e. The van der Waals surface area contributed by atoms with Gasteiger partial charge in [-0.05, 0) is 54.1 Å². The third kappa shape index (κ3) is 2.86. The van der Waals surface area contributed by atoms with Crippen molar-refractivity contribution in [1.29, 1.82) is 0 Å². The number of halogens is 1. The molecule has 104 valence electrons. The summed E-state index contributed by atoms with van der Waals surface area (Å²) in [4.78, 5) is 12.2. The van der Waals surface area contributed by atoms with Gasteiger partial charge in [0, 0.05) is 21.3 Å². The molecule has 0 aromatic heterocycles. The van der Waals surface area contributed by atoms with Gasteiger partial charge in [0.25, 0.3) is 5.91 Å². The Morgan fingerprint density at radius 3 is 2.65 bits per heavy atom. The van der Waals surface area contributed by atoms with Crippen LogP contribution in [0.15, 0.2) is 40.9 Å². The maximum Gasteiger partial charge on any atom is 0.251 e. The number of fused-ring (bicyclic) bond motifs is 1. The third-order valence-corrected chi connectivity index (χ3v) is 5.79. The molecule has 0 saturated heterocycles. The molecule has 0 aliphatic heterocycles. The standard InChI is InChI=1S/C16H16BrNOS/c1-20-16(6-7-16)10-18-15(19)13-3-2-12-9-14(17)5-4-11(12)8-13/h2-5,8-9H,6-7,10H2,1H3,(H,18,19). The molecular weight excluding hydrogens is 334 g/mol. The monoisotopic (exact) mass is 349 g/mol. The first-order valence-corrected chi connectivity index (χ1v) is 8.66. The lowest BCUT2D eigenvalue weighted by Gasteiger charge is -2.13. The van der Waals surface area contributed by atoms with Crippen LogP contribution in [0.5, 0.6) is 0 Å². The summed E-state index contributed by atoms with van der Waals surface area (Å²) >= 11 is 5.32. The molecule has 4 heteroatoms. The van der Waals surface area contributed by atoms with Crippen LogP contribution in [-0.4, -0.2) is 23.5 Å². The predicted molar refractivity (Wildman–Crippen MR) is 89.5 cm³/mol. The quantitative estimate of drug-likeness (QED) is 0.894. The van der Waals surface area contributed by atoms with Crippen LogP contribution in [0.1, 0.15) is 23.2 Å². The lowest BCUT2D eigenvalue weighted by molar-refractivity contribution is 0.0953. The highest BCUT2D eigenvalue weighted by molar-refractivity contribution is 9.10. The van der Waals surface area contributed by atoms with Crippen LogP contribution in [0.3, 0.4) is 0 Å². The molecule has 2 nitrogen and oxygen atoms in total. The summed E-state index contributed by atoms with van der Waals surface area (Å²) in [7, 11) is 0. The van der Waals surface area contributed by atoms with Gasteiger partial charge < -0.3 is 5.32 Å². The molecule has 1 N–H and O–H groups in total. The maximum atomic E-state index is 12.2. The summed E-state index contributed by atoms with van der Waals surface area (Å²) < 4.78 is 1.36. The molecule has 0 radical (unpaired) electrons. The van der Waals surface area contributed by atoms with E-state index < -0.39 is 0 Å². The van der Waals surface area contributed by atoms with E-state index in [0.717, 1.165) is 27.4 Å². The lowest BCUT2D eigenvalue weighted by Crippen LogP contribution is -2.31. The van der Waals surface area contributed by atoms with E-state index in [2.05, 4.69) is 33.6 Å². The number of hydrogen-bond acceptors (Lipinski definition) is 2. The SMILES string of the molecule is CSC1(CNC(=O)c2ccc3cc(Br)ccc3c2)CC1. The van der Waals surface area contributed by atoms with Gasteiger partial charge in [0.05, 0.1) is 0 Å². The molecule has 0 unspecified atom stereocenters.